The summed E-state index contributed by atoms with van der Waals surface area (Å²) >= 11 is 0. The third kappa shape index (κ3) is 38.8. The van der Waals surface area contributed by atoms with Gasteiger partial charge in [0, 0.05) is 13.0 Å². The van der Waals surface area contributed by atoms with Crippen molar-refractivity contribution in [2.24, 2.45) is 5.73 Å². The SMILES string of the molecule is CCCCCCCCC/C=C\CCCCCCCCOCC(COP(=O)(O)OCC(N)C(=O)O)OC(=O)CCCCCCCCCCCCCCCC. The van der Waals surface area contributed by atoms with Crippen molar-refractivity contribution in [3.8, 4) is 0 Å². The number of carboxylic acid groups (broad SMARTS) is 1. The second-order valence-electron chi connectivity index (χ2n) is 14.8. The molecular formula is C42H82NO9P. The number of carbonyl (C=O) groups is 2. The number of aliphatic carboxylic acids is 1. The van der Waals surface area contributed by atoms with E-state index in [2.05, 4.69) is 26.0 Å². The first kappa shape index (κ1) is 51.7. The van der Waals surface area contributed by atoms with Gasteiger partial charge in [-0.25, -0.2) is 4.57 Å². The zero-order chi connectivity index (χ0) is 39.1. The fourth-order valence-electron chi connectivity index (χ4n) is 6.13. The number of esters is 1. The standard InChI is InChI=1S/C42H82NO9P/c1-3-5-7-9-11-13-15-17-19-20-21-23-25-27-29-31-33-35-49-36-39(37-50-53(47,48)51-38-40(43)42(45)46)52-41(44)34-32-30-28-26-24-22-18-16-14-12-10-8-6-4-2/h19-20,39-40H,3-18,21-38,43H2,1-2H3,(H,45,46)(H,47,48)/b20-19-. The maximum absolute atomic E-state index is 12.6. The molecule has 0 saturated heterocycles. The van der Waals surface area contributed by atoms with Crippen molar-refractivity contribution < 1.29 is 42.7 Å². The van der Waals surface area contributed by atoms with Crippen molar-refractivity contribution in [3.63, 3.8) is 0 Å². The number of rotatable bonds is 42. The molecule has 0 aliphatic heterocycles. The average molecular weight is 776 g/mol. The van der Waals surface area contributed by atoms with Crippen LogP contribution in [0.1, 0.15) is 206 Å². The van der Waals surface area contributed by atoms with Crippen LogP contribution < -0.4 is 5.73 Å². The Labute approximate surface area is 324 Å². The lowest BCUT2D eigenvalue weighted by Gasteiger charge is -2.20. The maximum Gasteiger partial charge on any atom is 0.472 e. The van der Waals surface area contributed by atoms with Crippen LogP contribution in [-0.4, -0.2) is 60.5 Å². The molecule has 0 bridgehead atoms. The van der Waals surface area contributed by atoms with Crippen molar-refractivity contribution in [2.45, 2.75) is 219 Å². The topological polar surface area (TPSA) is 155 Å². The summed E-state index contributed by atoms with van der Waals surface area (Å²) in [5.74, 6) is -1.77. The van der Waals surface area contributed by atoms with Crippen LogP contribution >= 0.6 is 7.82 Å². The predicted molar refractivity (Wildman–Crippen MR) is 217 cm³/mol. The highest BCUT2D eigenvalue weighted by Crippen LogP contribution is 2.43. The molecule has 10 nitrogen and oxygen atoms in total. The van der Waals surface area contributed by atoms with E-state index in [1.54, 1.807) is 0 Å². The summed E-state index contributed by atoms with van der Waals surface area (Å²) in [6, 6.07) is -1.47. The smallest absolute Gasteiger partial charge is 0.472 e. The molecule has 53 heavy (non-hydrogen) atoms. The number of carboxylic acids is 1. The summed E-state index contributed by atoms with van der Waals surface area (Å²) in [7, 11) is -4.61. The van der Waals surface area contributed by atoms with Crippen molar-refractivity contribution in [2.75, 3.05) is 26.4 Å². The number of carbonyl (C=O) groups excluding carboxylic acids is 1. The van der Waals surface area contributed by atoms with E-state index in [1.165, 1.54) is 141 Å². The molecule has 0 amide bonds. The molecule has 0 aromatic carbocycles. The van der Waals surface area contributed by atoms with Gasteiger partial charge in [-0.15, -0.1) is 0 Å². The third-order valence-electron chi connectivity index (χ3n) is 9.54. The number of ether oxygens (including phenoxy) is 2. The number of allylic oxidation sites excluding steroid dienone is 2. The largest absolute Gasteiger partial charge is 0.480 e. The van der Waals surface area contributed by atoms with E-state index in [4.69, 9.17) is 29.4 Å². The summed E-state index contributed by atoms with van der Waals surface area (Å²) in [5, 5.41) is 8.89. The normalized spacial score (nSPS) is 14.0. The molecule has 0 aromatic heterocycles. The highest BCUT2D eigenvalue weighted by molar-refractivity contribution is 7.47. The molecule has 0 aliphatic carbocycles. The van der Waals surface area contributed by atoms with Gasteiger partial charge in [-0.2, -0.15) is 0 Å². The Morgan fingerprint density at radius 2 is 0.981 bits per heavy atom. The van der Waals surface area contributed by atoms with Gasteiger partial charge in [0.05, 0.1) is 19.8 Å². The van der Waals surface area contributed by atoms with E-state index in [0.717, 1.165) is 44.9 Å². The molecule has 11 heteroatoms. The van der Waals surface area contributed by atoms with Crippen molar-refractivity contribution >= 4 is 19.8 Å². The number of nitrogens with two attached hydrogens (primary N) is 1. The minimum Gasteiger partial charge on any atom is -0.480 e. The van der Waals surface area contributed by atoms with Gasteiger partial charge in [-0.1, -0.05) is 174 Å². The summed E-state index contributed by atoms with van der Waals surface area (Å²) in [5.41, 5.74) is 5.35. The highest BCUT2D eigenvalue weighted by atomic mass is 31.2. The van der Waals surface area contributed by atoms with E-state index in [0.29, 0.717) is 6.61 Å². The second-order valence-corrected chi connectivity index (χ2v) is 16.3. The van der Waals surface area contributed by atoms with Gasteiger partial charge < -0.3 is 25.2 Å². The summed E-state index contributed by atoms with van der Waals surface area (Å²) in [4.78, 5) is 33.5. The van der Waals surface area contributed by atoms with E-state index in [1.807, 2.05) is 0 Å². The molecule has 0 saturated carbocycles. The van der Waals surface area contributed by atoms with Crippen LogP contribution in [0, 0.1) is 0 Å². The van der Waals surface area contributed by atoms with Crippen LogP contribution in [0.2, 0.25) is 0 Å². The molecule has 0 aromatic rings. The Morgan fingerprint density at radius 3 is 1.43 bits per heavy atom. The number of phosphoric acid groups is 1. The molecule has 0 radical (unpaired) electrons. The van der Waals surface area contributed by atoms with Crippen LogP contribution in [-0.2, 0) is 32.7 Å². The van der Waals surface area contributed by atoms with E-state index in [9.17, 15) is 19.0 Å². The first-order valence-electron chi connectivity index (χ1n) is 21.7. The van der Waals surface area contributed by atoms with E-state index < -0.39 is 45.1 Å². The fourth-order valence-corrected chi connectivity index (χ4v) is 6.91. The second kappa shape index (κ2) is 39.0. The third-order valence-corrected chi connectivity index (χ3v) is 10.5. The van der Waals surface area contributed by atoms with Gasteiger partial charge in [0.2, 0.25) is 0 Å². The number of hydrogen-bond donors (Lipinski definition) is 3. The lowest BCUT2D eigenvalue weighted by molar-refractivity contribution is -0.154. The number of hydrogen-bond acceptors (Lipinski definition) is 8. The van der Waals surface area contributed by atoms with Crippen molar-refractivity contribution in [1.29, 1.82) is 0 Å². The molecule has 314 valence electrons. The Kier molecular flexibility index (Phi) is 38.0. The number of unbranched alkanes of at least 4 members (excludes halogenated alkanes) is 26. The zero-order valence-electron chi connectivity index (χ0n) is 34.1. The highest BCUT2D eigenvalue weighted by Gasteiger charge is 2.27. The average Bonchev–Trinajstić information content (AvgIpc) is 3.13. The van der Waals surface area contributed by atoms with Gasteiger partial charge in [-0.05, 0) is 38.5 Å². The maximum atomic E-state index is 12.6. The Balaban J connectivity index is 4.22. The van der Waals surface area contributed by atoms with Crippen molar-refractivity contribution in [3.05, 3.63) is 12.2 Å². The van der Waals surface area contributed by atoms with Gasteiger partial charge in [0.25, 0.3) is 0 Å². The Bertz CT molecular complexity index is 904. The van der Waals surface area contributed by atoms with Crippen LogP contribution in [0.5, 0.6) is 0 Å². The van der Waals surface area contributed by atoms with Gasteiger partial charge in [0.1, 0.15) is 12.1 Å². The Hall–Kier alpha value is -1.29. The molecule has 0 aliphatic rings. The fraction of sp³-hybridized carbons (Fsp3) is 0.905. The Morgan fingerprint density at radius 1 is 0.585 bits per heavy atom. The molecule has 3 unspecified atom stereocenters. The lowest BCUT2D eigenvalue weighted by atomic mass is 10.0. The molecule has 0 spiro atoms. The van der Waals surface area contributed by atoms with Crippen LogP contribution in [0.4, 0.5) is 0 Å². The molecule has 0 rings (SSSR count). The van der Waals surface area contributed by atoms with E-state index >= 15 is 0 Å². The van der Waals surface area contributed by atoms with Gasteiger partial charge >= 0.3 is 19.8 Å². The van der Waals surface area contributed by atoms with Gasteiger partial charge in [-0.3, -0.25) is 18.6 Å². The predicted octanol–water partition coefficient (Wildman–Crippen LogP) is 11.8. The number of phosphoric ester groups is 1. The minimum atomic E-state index is -4.61. The summed E-state index contributed by atoms with van der Waals surface area (Å²) in [6.07, 6.45) is 39.7. The van der Waals surface area contributed by atoms with E-state index in [-0.39, 0.29) is 13.0 Å². The zero-order valence-corrected chi connectivity index (χ0v) is 35.0. The van der Waals surface area contributed by atoms with Crippen LogP contribution in [0.3, 0.4) is 0 Å². The van der Waals surface area contributed by atoms with Crippen molar-refractivity contribution in [1.82, 2.24) is 0 Å². The summed E-state index contributed by atoms with van der Waals surface area (Å²) in [6.45, 7) is 3.89. The molecule has 4 N–H and O–H groups in total. The molecule has 3 atom stereocenters. The molecule has 0 fully saturated rings. The van der Waals surface area contributed by atoms with Crippen LogP contribution in [0.15, 0.2) is 12.2 Å². The summed E-state index contributed by atoms with van der Waals surface area (Å²) < 4.78 is 33.3. The first-order valence-corrected chi connectivity index (χ1v) is 23.2. The lowest BCUT2D eigenvalue weighted by Crippen LogP contribution is -2.34. The first-order chi connectivity index (χ1) is 25.7. The minimum absolute atomic E-state index is 0.0182. The molecule has 0 heterocycles. The monoisotopic (exact) mass is 776 g/mol. The molecular weight excluding hydrogens is 693 g/mol. The van der Waals surface area contributed by atoms with Gasteiger partial charge in [0.15, 0.2) is 0 Å². The van der Waals surface area contributed by atoms with Crippen LogP contribution in [0.25, 0.3) is 0 Å². The quantitative estimate of drug-likeness (QED) is 0.0236.